The minimum atomic E-state index is -0.372. The number of nitrogens with one attached hydrogen (secondary N) is 2. The van der Waals surface area contributed by atoms with Crippen LogP contribution in [0.25, 0.3) is 0 Å². The number of nitrogens with zero attached hydrogens (tertiary/aromatic N) is 1. The van der Waals surface area contributed by atoms with Crippen LogP contribution in [0.15, 0.2) is 18.2 Å². The van der Waals surface area contributed by atoms with E-state index in [4.69, 9.17) is 17.2 Å². The molecule has 1 atom stereocenters. The zero-order valence-electron chi connectivity index (χ0n) is 14.8. The summed E-state index contributed by atoms with van der Waals surface area (Å²) in [6.45, 7) is 1.69. The van der Waals surface area contributed by atoms with Crippen molar-refractivity contribution in [3.63, 3.8) is 0 Å². The summed E-state index contributed by atoms with van der Waals surface area (Å²) in [4.78, 5) is 28.8. The fourth-order valence-electron chi connectivity index (χ4n) is 4.51. The number of rotatable bonds is 0. The van der Waals surface area contributed by atoms with Crippen molar-refractivity contribution in [2.24, 2.45) is 0 Å². The number of hydrogen-bond acceptors (Lipinski definition) is 8. The van der Waals surface area contributed by atoms with Crippen LogP contribution in [0, 0.1) is 0 Å². The van der Waals surface area contributed by atoms with Gasteiger partial charge in [-0.2, -0.15) is 0 Å². The van der Waals surface area contributed by atoms with Crippen molar-refractivity contribution < 1.29 is 9.59 Å². The molecule has 8 heteroatoms. The Bertz CT molecular complexity index is 1060. The molecule has 8 nitrogen and oxygen atoms in total. The van der Waals surface area contributed by atoms with Crippen molar-refractivity contribution in [3.05, 3.63) is 40.5 Å². The summed E-state index contributed by atoms with van der Waals surface area (Å²) < 4.78 is 0. The van der Waals surface area contributed by atoms with Crippen LogP contribution in [0.3, 0.4) is 0 Å². The molecule has 3 aliphatic rings. The van der Waals surface area contributed by atoms with Crippen LogP contribution < -0.4 is 27.8 Å². The number of nitrogen functional groups attached to an aromatic ring is 3. The topological polar surface area (TPSA) is 140 Å². The van der Waals surface area contributed by atoms with Crippen LogP contribution in [0.5, 0.6) is 0 Å². The van der Waals surface area contributed by atoms with Crippen molar-refractivity contribution in [2.45, 2.75) is 12.1 Å². The van der Waals surface area contributed by atoms with E-state index in [0.29, 0.717) is 5.69 Å². The highest BCUT2D eigenvalue weighted by atomic mass is 16.1. The molecule has 0 saturated carbocycles. The lowest BCUT2D eigenvalue weighted by molar-refractivity contribution is 0.0981. The standard InChI is InChI=1S/C19H20N6O2/c1-25-5-4-19(7-25)23-11-6-10(22)14-15(16(11)24-19)18(27)13-9(21)3-2-8(20)12(13)17(14)26/h2-3,6,23-24H,4-5,7,20-22H2,1H3. The zero-order valence-corrected chi connectivity index (χ0v) is 14.8. The van der Waals surface area contributed by atoms with Gasteiger partial charge < -0.3 is 32.7 Å². The second-order valence-electron chi connectivity index (χ2n) is 7.61. The molecular weight excluding hydrogens is 344 g/mol. The first-order valence-electron chi connectivity index (χ1n) is 8.80. The number of anilines is 5. The SMILES string of the molecule is CN1CCC2(C1)Nc1cc(N)c3c(c1N2)C(=O)c1c(N)ccc(N)c1C3=O. The van der Waals surface area contributed by atoms with E-state index in [0.717, 1.165) is 25.2 Å². The van der Waals surface area contributed by atoms with Gasteiger partial charge in [0, 0.05) is 36.6 Å². The maximum atomic E-state index is 13.4. The molecule has 2 aromatic rings. The molecule has 2 heterocycles. The molecule has 0 amide bonds. The number of likely N-dealkylation sites (N-methyl/N-ethyl adjacent to an activating group) is 1. The minimum Gasteiger partial charge on any atom is -0.398 e. The Labute approximate surface area is 155 Å². The van der Waals surface area contributed by atoms with E-state index in [1.807, 2.05) is 7.05 Å². The Morgan fingerprint density at radius 3 is 2.11 bits per heavy atom. The largest absolute Gasteiger partial charge is 0.398 e. The summed E-state index contributed by atoms with van der Waals surface area (Å²) in [7, 11) is 2.04. The summed E-state index contributed by atoms with van der Waals surface area (Å²) in [6.07, 6.45) is 0.862. The van der Waals surface area contributed by atoms with Gasteiger partial charge in [-0.05, 0) is 25.2 Å². The number of carbonyl (C=O) groups excluding carboxylic acids is 2. The van der Waals surface area contributed by atoms with E-state index < -0.39 is 0 Å². The van der Waals surface area contributed by atoms with E-state index in [2.05, 4.69) is 15.5 Å². The average Bonchev–Trinajstić information content (AvgIpc) is 3.15. The number of likely N-dealkylation sites (tertiary alicyclic amines) is 1. The molecular formula is C19H20N6O2. The summed E-state index contributed by atoms with van der Waals surface area (Å²) in [5.41, 5.74) is 20.7. The van der Waals surface area contributed by atoms with Gasteiger partial charge in [0.15, 0.2) is 11.6 Å². The number of nitrogens with two attached hydrogens (primary N) is 3. The molecule has 0 bridgehead atoms. The van der Waals surface area contributed by atoms with E-state index >= 15 is 0 Å². The lowest BCUT2D eigenvalue weighted by Crippen LogP contribution is -2.44. The monoisotopic (exact) mass is 364 g/mol. The smallest absolute Gasteiger partial charge is 0.198 e. The lowest BCUT2D eigenvalue weighted by atomic mass is 9.80. The van der Waals surface area contributed by atoms with Crippen LogP contribution >= 0.6 is 0 Å². The Morgan fingerprint density at radius 1 is 0.926 bits per heavy atom. The highest BCUT2D eigenvalue weighted by Crippen LogP contribution is 2.47. The molecule has 1 fully saturated rings. The maximum Gasteiger partial charge on any atom is 0.198 e. The second-order valence-corrected chi connectivity index (χ2v) is 7.61. The Kier molecular flexibility index (Phi) is 2.91. The van der Waals surface area contributed by atoms with E-state index in [1.165, 1.54) is 6.07 Å². The van der Waals surface area contributed by atoms with Crippen molar-refractivity contribution >= 4 is 40.0 Å². The molecule has 1 saturated heterocycles. The van der Waals surface area contributed by atoms with Gasteiger partial charge in [-0.1, -0.05) is 0 Å². The van der Waals surface area contributed by atoms with Crippen molar-refractivity contribution in [1.29, 1.82) is 0 Å². The number of carbonyl (C=O) groups is 2. The fourth-order valence-corrected chi connectivity index (χ4v) is 4.51. The Morgan fingerprint density at radius 2 is 1.52 bits per heavy atom. The third-order valence-corrected chi connectivity index (χ3v) is 5.73. The van der Waals surface area contributed by atoms with Gasteiger partial charge in [0.05, 0.1) is 33.6 Å². The Hall–Kier alpha value is -3.26. The van der Waals surface area contributed by atoms with Crippen molar-refractivity contribution in [2.75, 3.05) is 48.0 Å². The van der Waals surface area contributed by atoms with Gasteiger partial charge in [0.1, 0.15) is 5.66 Å². The fraction of sp³-hybridized carbons (Fsp3) is 0.263. The van der Waals surface area contributed by atoms with Crippen LogP contribution in [0.1, 0.15) is 38.3 Å². The molecule has 1 aliphatic carbocycles. The average molecular weight is 364 g/mol. The first kappa shape index (κ1) is 16.0. The van der Waals surface area contributed by atoms with Crippen LogP contribution in [0.2, 0.25) is 0 Å². The number of hydrogen-bond donors (Lipinski definition) is 5. The van der Waals surface area contributed by atoms with E-state index in [-0.39, 0.29) is 56.5 Å². The summed E-state index contributed by atoms with van der Waals surface area (Å²) in [5.74, 6) is -0.693. The third-order valence-electron chi connectivity index (χ3n) is 5.73. The molecule has 0 radical (unpaired) electrons. The van der Waals surface area contributed by atoms with Gasteiger partial charge >= 0.3 is 0 Å². The third kappa shape index (κ3) is 1.95. The minimum absolute atomic E-state index is 0.139. The quantitative estimate of drug-likeness (QED) is 0.373. The predicted molar refractivity (Wildman–Crippen MR) is 105 cm³/mol. The molecule has 0 aromatic heterocycles. The number of fused-ring (bicyclic) bond motifs is 4. The second kappa shape index (κ2) is 4.92. The highest BCUT2D eigenvalue weighted by molar-refractivity contribution is 6.35. The molecule has 2 aromatic carbocycles. The van der Waals surface area contributed by atoms with E-state index in [1.54, 1.807) is 12.1 Å². The Balaban J connectivity index is 1.74. The first-order valence-corrected chi connectivity index (χ1v) is 8.80. The first-order chi connectivity index (χ1) is 12.8. The highest BCUT2D eigenvalue weighted by Gasteiger charge is 2.46. The van der Waals surface area contributed by atoms with Crippen LogP contribution in [0.4, 0.5) is 28.4 Å². The summed E-state index contributed by atoms with van der Waals surface area (Å²) in [6, 6.07) is 4.81. The summed E-state index contributed by atoms with van der Waals surface area (Å²) >= 11 is 0. The normalized spacial score (nSPS) is 23.0. The van der Waals surface area contributed by atoms with Gasteiger partial charge in [-0.3, -0.25) is 9.59 Å². The van der Waals surface area contributed by atoms with Gasteiger partial charge in [0.2, 0.25) is 0 Å². The molecule has 138 valence electrons. The lowest BCUT2D eigenvalue weighted by Gasteiger charge is -2.26. The number of benzene rings is 2. The van der Waals surface area contributed by atoms with Crippen molar-refractivity contribution in [3.8, 4) is 0 Å². The van der Waals surface area contributed by atoms with Gasteiger partial charge in [-0.15, -0.1) is 0 Å². The zero-order chi connectivity index (χ0) is 19.1. The van der Waals surface area contributed by atoms with E-state index in [9.17, 15) is 9.59 Å². The molecule has 8 N–H and O–H groups in total. The van der Waals surface area contributed by atoms with Gasteiger partial charge in [0.25, 0.3) is 0 Å². The van der Waals surface area contributed by atoms with Crippen LogP contribution in [-0.2, 0) is 0 Å². The van der Waals surface area contributed by atoms with Crippen molar-refractivity contribution in [1.82, 2.24) is 4.90 Å². The van der Waals surface area contributed by atoms with Crippen LogP contribution in [-0.4, -0.2) is 42.3 Å². The molecule has 2 aliphatic heterocycles. The molecule has 1 unspecified atom stereocenters. The maximum absolute atomic E-state index is 13.4. The summed E-state index contributed by atoms with van der Waals surface area (Å²) in [5, 5.41) is 6.92. The molecule has 27 heavy (non-hydrogen) atoms. The molecule has 1 spiro atoms. The predicted octanol–water partition coefficient (Wildman–Crippen LogP) is 1.08. The van der Waals surface area contributed by atoms with Gasteiger partial charge in [-0.25, -0.2) is 0 Å². The number of ketones is 2. The molecule has 5 rings (SSSR count).